The summed E-state index contributed by atoms with van der Waals surface area (Å²) in [6, 6.07) is 15.1. The SMILES string of the molecule is COCCCNC(=O)[C@@H]1c2ccccc2C(=O)N1CCc1ccc(C)cc1. The van der Waals surface area contributed by atoms with Crippen LogP contribution in [0.3, 0.4) is 0 Å². The zero-order chi connectivity index (χ0) is 19.2. The zero-order valence-electron chi connectivity index (χ0n) is 15.9. The average molecular weight is 366 g/mol. The van der Waals surface area contributed by atoms with Crippen LogP contribution >= 0.6 is 0 Å². The molecule has 1 heterocycles. The minimum Gasteiger partial charge on any atom is -0.385 e. The fourth-order valence-corrected chi connectivity index (χ4v) is 3.41. The molecule has 5 heteroatoms. The van der Waals surface area contributed by atoms with Crippen molar-refractivity contribution in [1.82, 2.24) is 10.2 Å². The lowest BCUT2D eigenvalue weighted by Gasteiger charge is -2.24. The van der Waals surface area contributed by atoms with E-state index >= 15 is 0 Å². The first-order valence-electron chi connectivity index (χ1n) is 9.34. The lowest BCUT2D eigenvalue weighted by atomic mass is 10.0. The van der Waals surface area contributed by atoms with E-state index < -0.39 is 6.04 Å². The standard InChI is InChI=1S/C22H26N2O3/c1-16-8-10-17(11-9-16)12-14-24-20(21(25)23-13-5-15-27-2)18-6-3-4-7-19(18)22(24)26/h3-4,6-11,20H,5,12-15H2,1-2H3,(H,23,25)/t20-/m0/s1. The van der Waals surface area contributed by atoms with Crippen LogP contribution in [-0.2, 0) is 16.0 Å². The van der Waals surface area contributed by atoms with Crippen molar-refractivity contribution in [2.24, 2.45) is 0 Å². The van der Waals surface area contributed by atoms with Gasteiger partial charge in [-0.15, -0.1) is 0 Å². The molecule has 0 saturated carbocycles. The van der Waals surface area contributed by atoms with Gasteiger partial charge in [0.2, 0.25) is 5.91 Å². The summed E-state index contributed by atoms with van der Waals surface area (Å²) in [5.74, 6) is -0.205. The summed E-state index contributed by atoms with van der Waals surface area (Å²) < 4.78 is 5.02. The van der Waals surface area contributed by atoms with Crippen LogP contribution in [0.1, 0.15) is 39.5 Å². The van der Waals surface area contributed by atoms with Crippen LogP contribution in [0.2, 0.25) is 0 Å². The van der Waals surface area contributed by atoms with Crippen molar-refractivity contribution in [2.45, 2.75) is 25.8 Å². The molecule has 27 heavy (non-hydrogen) atoms. The van der Waals surface area contributed by atoms with Gasteiger partial charge in [-0.05, 0) is 37.0 Å². The van der Waals surface area contributed by atoms with E-state index in [0.29, 0.717) is 31.7 Å². The smallest absolute Gasteiger partial charge is 0.255 e. The number of amides is 2. The highest BCUT2D eigenvalue weighted by atomic mass is 16.5. The average Bonchev–Trinajstić information content (AvgIpc) is 2.97. The minimum absolute atomic E-state index is 0.0743. The van der Waals surface area contributed by atoms with E-state index in [1.807, 2.05) is 25.1 Å². The molecule has 3 rings (SSSR count). The second kappa shape index (κ2) is 8.82. The summed E-state index contributed by atoms with van der Waals surface area (Å²) in [7, 11) is 1.64. The third kappa shape index (κ3) is 4.37. The van der Waals surface area contributed by atoms with Gasteiger partial charge in [-0.3, -0.25) is 9.59 Å². The molecule has 0 fully saturated rings. The lowest BCUT2D eigenvalue weighted by molar-refractivity contribution is -0.125. The Morgan fingerprint density at radius 3 is 2.63 bits per heavy atom. The summed E-state index contributed by atoms with van der Waals surface area (Å²) in [5.41, 5.74) is 3.77. The summed E-state index contributed by atoms with van der Waals surface area (Å²) in [4.78, 5) is 27.4. The molecule has 1 N–H and O–H groups in total. The maximum absolute atomic E-state index is 12.9. The number of benzene rings is 2. The van der Waals surface area contributed by atoms with Crippen LogP contribution in [0.25, 0.3) is 0 Å². The minimum atomic E-state index is -0.568. The van der Waals surface area contributed by atoms with Crippen molar-refractivity contribution in [2.75, 3.05) is 26.8 Å². The van der Waals surface area contributed by atoms with Crippen molar-refractivity contribution in [1.29, 1.82) is 0 Å². The number of aryl methyl sites for hydroxylation is 1. The molecular formula is C22H26N2O3. The quantitative estimate of drug-likeness (QED) is 0.731. The Labute approximate surface area is 160 Å². The molecule has 1 aliphatic heterocycles. The fraction of sp³-hybridized carbons (Fsp3) is 0.364. The third-order valence-corrected chi connectivity index (χ3v) is 4.89. The Hall–Kier alpha value is -2.66. The van der Waals surface area contributed by atoms with Crippen LogP contribution in [0.4, 0.5) is 0 Å². The number of rotatable bonds is 8. The van der Waals surface area contributed by atoms with Crippen LogP contribution in [0.15, 0.2) is 48.5 Å². The van der Waals surface area contributed by atoms with Gasteiger partial charge in [-0.2, -0.15) is 0 Å². The lowest BCUT2D eigenvalue weighted by Crippen LogP contribution is -2.40. The molecule has 0 unspecified atom stereocenters. The molecule has 1 atom stereocenters. The largest absolute Gasteiger partial charge is 0.385 e. The molecule has 0 aromatic heterocycles. The molecule has 0 radical (unpaired) electrons. The maximum Gasteiger partial charge on any atom is 0.255 e. The predicted molar refractivity (Wildman–Crippen MR) is 105 cm³/mol. The number of hydrogen-bond acceptors (Lipinski definition) is 3. The molecule has 1 aliphatic rings. The zero-order valence-corrected chi connectivity index (χ0v) is 15.9. The highest BCUT2D eigenvalue weighted by molar-refractivity contribution is 6.04. The van der Waals surface area contributed by atoms with Gasteiger partial charge < -0.3 is 15.0 Å². The molecule has 0 aliphatic carbocycles. The summed E-state index contributed by atoms with van der Waals surface area (Å²) >= 11 is 0. The van der Waals surface area contributed by atoms with Crippen molar-refractivity contribution < 1.29 is 14.3 Å². The molecule has 0 spiro atoms. The van der Waals surface area contributed by atoms with E-state index in [2.05, 4.69) is 29.6 Å². The Balaban J connectivity index is 1.74. The van der Waals surface area contributed by atoms with Gasteiger partial charge in [-0.1, -0.05) is 48.0 Å². The van der Waals surface area contributed by atoms with Crippen LogP contribution in [0.5, 0.6) is 0 Å². The van der Waals surface area contributed by atoms with Crippen LogP contribution < -0.4 is 5.32 Å². The number of nitrogens with one attached hydrogen (secondary N) is 1. The van der Waals surface area contributed by atoms with Crippen molar-refractivity contribution in [3.8, 4) is 0 Å². The number of nitrogens with zero attached hydrogens (tertiary/aromatic N) is 1. The van der Waals surface area contributed by atoms with Crippen LogP contribution in [0, 0.1) is 6.92 Å². The Morgan fingerprint density at radius 1 is 1.15 bits per heavy atom. The number of fused-ring (bicyclic) bond motifs is 1. The number of ether oxygens (including phenoxy) is 1. The first-order valence-corrected chi connectivity index (χ1v) is 9.34. The van der Waals surface area contributed by atoms with E-state index in [-0.39, 0.29) is 11.8 Å². The molecule has 0 saturated heterocycles. The van der Waals surface area contributed by atoms with Gasteiger partial charge in [0.25, 0.3) is 5.91 Å². The van der Waals surface area contributed by atoms with Crippen LogP contribution in [-0.4, -0.2) is 43.5 Å². The van der Waals surface area contributed by atoms with E-state index in [4.69, 9.17) is 4.74 Å². The summed E-state index contributed by atoms with van der Waals surface area (Å²) in [5, 5.41) is 2.94. The van der Waals surface area contributed by atoms with Crippen molar-refractivity contribution in [3.63, 3.8) is 0 Å². The van der Waals surface area contributed by atoms with Gasteiger partial charge in [0, 0.05) is 32.4 Å². The first kappa shape index (κ1) is 19.1. The molecule has 0 bridgehead atoms. The number of carbonyl (C=O) groups is 2. The topological polar surface area (TPSA) is 58.6 Å². The van der Waals surface area contributed by atoms with E-state index in [1.165, 1.54) is 5.56 Å². The summed E-state index contributed by atoms with van der Waals surface area (Å²) in [6.07, 6.45) is 1.46. The van der Waals surface area contributed by atoms with Crippen molar-refractivity contribution >= 4 is 11.8 Å². The van der Waals surface area contributed by atoms with Gasteiger partial charge in [0.1, 0.15) is 6.04 Å². The Kier molecular flexibility index (Phi) is 6.24. The van der Waals surface area contributed by atoms with Gasteiger partial charge in [0.15, 0.2) is 0 Å². The van der Waals surface area contributed by atoms with E-state index in [1.54, 1.807) is 18.1 Å². The molecule has 5 nitrogen and oxygen atoms in total. The van der Waals surface area contributed by atoms with E-state index in [0.717, 1.165) is 17.5 Å². The molecule has 2 aromatic rings. The molecule has 2 aromatic carbocycles. The fourth-order valence-electron chi connectivity index (χ4n) is 3.41. The van der Waals surface area contributed by atoms with Gasteiger partial charge in [-0.25, -0.2) is 0 Å². The molecule has 2 amide bonds. The van der Waals surface area contributed by atoms with Gasteiger partial charge in [0.05, 0.1) is 0 Å². The normalized spacial score (nSPS) is 15.7. The highest BCUT2D eigenvalue weighted by Gasteiger charge is 2.40. The second-order valence-electron chi connectivity index (χ2n) is 6.86. The predicted octanol–water partition coefficient (Wildman–Crippen LogP) is 2.89. The molecule has 142 valence electrons. The number of hydrogen-bond donors (Lipinski definition) is 1. The molecular weight excluding hydrogens is 340 g/mol. The maximum atomic E-state index is 12.9. The first-order chi connectivity index (χ1) is 13.1. The van der Waals surface area contributed by atoms with E-state index in [9.17, 15) is 9.59 Å². The number of carbonyl (C=O) groups excluding carboxylic acids is 2. The summed E-state index contributed by atoms with van der Waals surface area (Å²) in [6.45, 7) is 3.68. The third-order valence-electron chi connectivity index (χ3n) is 4.89. The Bertz CT molecular complexity index is 801. The highest BCUT2D eigenvalue weighted by Crippen LogP contribution is 2.33. The van der Waals surface area contributed by atoms with Crippen molar-refractivity contribution in [3.05, 3.63) is 70.8 Å². The Morgan fingerprint density at radius 2 is 1.89 bits per heavy atom. The second-order valence-corrected chi connectivity index (χ2v) is 6.86. The monoisotopic (exact) mass is 366 g/mol. The number of methoxy groups -OCH3 is 1. The van der Waals surface area contributed by atoms with Gasteiger partial charge >= 0.3 is 0 Å².